The van der Waals surface area contributed by atoms with Crippen LogP contribution in [0, 0.1) is 0 Å². The van der Waals surface area contributed by atoms with E-state index in [0.29, 0.717) is 12.1 Å². The molecule has 3 rings (SSSR count). The van der Waals surface area contributed by atoms with E-state index in [1.807, 2.05) is 54.6 Å². The van der Waals surface area contributed by atoms with Gasteiger partial charge in [-0.25, -0.2) is 0 Å². The molecule has 1 aromatic heterocycles. The van der Waals surface area contributed by atoms with Crippen molar-refractivity contribution in [2.45, 2.75) is 6.54 Å². The molecular formula is C17H17ClN4O. The van der Waals surface area contributed by atoms with E-state index in [9.17, 15) is 4.79 Å². The van der Waals surface area contributed by atoms with Crippen LogP contribution in [0.3, 0.4) is 0 Å². The van der Waals surface area contributed by atoms with Crippen molar-refractivity contribution in [3.05, 3.63) is 71.9 Å². The minimum atomic E-state index is -0.365. The van der Waals surface area contributed by atoms with Gasteiger partial charge in [0, 0.05) is 23.6 Å². The van der Waals surface area contributed by atoms with E-state index in [2.05, 4.69) is 15.3 Å². The topological polar surface area (TPSA) is 83.3 Å². The second kappa shape index (κ2) is 7.47. The van der Waals surface area contributed by atoms with Crippen molar-refractivity contribution >= 4 is 35.2 Å². The zero-order chi connectivity index (χ0) is 15.4. The van der Waals surface area contributed by atoms with E-state index >= 15 is 0 Å². The minimum Gasteiger partial charge on any atom is -0.370 e. The smallest absolute Gasteiger partial charge is 0.282 e. The van der Waals surface area contributed by atoms with Crippen LogP contribution in [0.4, 0.5) is 0 Å². The number of benzene rings is 2. The van der Waals surface area contributed by atoms with E-state index in [1.54, 1.807) is 6.20 Å². The summed E-state index contributed by atoms with van der Waals surface area (Å²) in [6.07, 6.45) is 1.65. The number of aromatic nitrogens is 1. The minimum absolute atomic E-state index is 0. The molecule has 0 saturated heterocycles. The molecule has 6 heteroatoms. The number of carbonyl (C=O) groups is 1. The number of hydrogen-bond donors (Lipinski definition) is 3. The highest BCUT2D eigenvalue weighted by atomic mass is 35.5. The van der Waals surface area contributed by atoms with Crippen molar-refractivity contribution in [1.82, 2.24) is 10.3 Å². The number of H-pyrrole nitrogens is 1. The zero-order valence-corrected chi connectivity index (χ0v) is 13.1. The summed E-state index contributed by atoms with van der Waals surface area (Å²) in [5.41, 5.74) is 8.26. The van der Waals surface area contributed by atoms with Crippen LogP contribution >= 0.6 is 12.4 Å². The Balaban J connectivity index is 0.00000192. The van der Waals surface area contributed by atoms with Crippen LogP contribution in [0.15, 0.2) is 65.8 Å². The zero-order valence-electron chi connectivity index (χ0n) is 12.3. The number of amides is 1. The third-order valence-electron chi connectivity index (χ3n) is 3.36. The average molecular weight is 329 g/mol. The van der Waals surface area contributed by atoms with Gasteiger partial charge in [0.25, 0.3) is 5.91 Å². The summed E-state index contributed by atoms with van der Waals surface area (Å²) in [6.45, 7) is 0.525. The lowest BCUT2D eigenvalue weighted by molar-refractivity contribution is 0.100. The van der Waals surface area contributed by atoms with Crippen molar-refractivity contribution in [2.75, 3.05) is 0 Å². The lowest BCUT2D eigenvalue weighted by Gasteiger charge is -2.04. The lowest BCUT2D eigenvalue weighted by atomic mass is 10.2. The number of para-hydroxylation sites is 1. The molecule has 0 fully saturated rings. The Hall–Kier alpha value is -2.79. The van der Waals surface area contributed by atoms with E-state index < -0.39 is 0 Å². The second-order valence-corrected chi connectivity index (χ2v) is 4.89. The van der Waals surface area contributed by atoms with Gasteiger partial charge in [-0.05, 0) is 11.6 Å². The highest BCUT2D eigenvalue weighted by molar-refractivity contribution is 6.10. The number of nitrogens with one attached hydrogen (secondary N) is 2. The van der Waals surface area contributed by atoms with Gasteiger partial charge in [-0.15, -0.1) is 12.4 Å². The van der Waals surface area contributed by atoms with Crippen molar-refractivity contribution < 1.29 is 4.79 Å². The Kier molecular flexibility index (Phi) is 5.38. The Morgan fingerprint density at radius 2 is 1.78 bits per heavy atom. The van der Waals surface area contributed by atoms with E-state index in [1.165, 1.54) is 0 Å². The van der Waals surface area contributed by atoms with Crippen LogP contribution in [0.1, 0.15) is 15.9 Å². The average Bonchev–Trinajstić information content (AvgIpc) is 2.98. The summed E-state index contributed by atoms with van der Waals surface area (Å²) in [6, 6.07) is 17.4. The van der Waals surface area contributed by atoms with Crippen molar-refractivity contribution in [3.8, 4) is 0 Å². The maximum absolute atomic E-state index is 12.2. The number of hydrogen-bond acceptors (Lipinski definition) is 1. The maximum atomic E-state index is 12.2. The first kappa shape index (κ1) is 16.6. The molecule has 3 aromatic rings. The molecule has 0 aliphatic carbocycles. The molecule has 2 aromatic carbocycles. The van der Waals surface area contributed by atoms with Gasteiger partial charge in [-0.1, -0.05) is 48.5 Å². The Morgan fingerprint density at radius 1 is 1.09 bits per heavy atom. The fourth-order valence-corrected chi connectivity index (χ4v) is 2.25. The number of nitrogens with two attached hydrogens (primary N) is 1. The largest absolute Gasteiger partial charge is 0.370 e. The standard InChI is InChI=1S/C17H16N4O.ClH/c18-17(20-10-12-6-2-1-3-7-12)21-16(22)14-11-19-15-9-5-4-8-13(14)15;/h1-9,11,19H,10H2,(H3,18,20,21,22);1H. The number of guanidine groups is 1. The normalized spacial score (nSPS) is 11.0. The summed E-state index contributed by atoms with van der Waals surface area (Å²) in [5.74, 6) is -0.255. The number of carbonyl (C=O) groups excluding carboxylic acids is 1. The summed E-state index contributed by atoms with van der Waals surface area (Å²) < 4.78 is 0. The van der Waals surface area contributed by atoms with Crippen LogP contribution in [0.25, 0.3) is 10.9 Å². The van der Waals surface area contributed by atoms with Crippen LogP contribution in [0.2, 0.25) is 0 Å². The number of nitrogens with zero attached hydrogens (tertiary/aromatic N) is 1. The van der Waals surface area contributed by atoms with Gasteiger partial charge in [-0.3, -0.25) is 4.79 Å². The van der Waals surface area contributed by atoms with Gasteiger partial charge in [0.1, 0.15) is 0 Å². The van der Waals surface area contributed by atoms with Gasteiger partial charge in [0.15, 0.2) is 5.96 Å². The molecule has 118 valence electrons. The fraction of sp³-hybridized carbons (Fsp3) is 0.0588. The molecule has 0 unspecified atom stereocenters. The second-order valence-electron chi connectivity index (χ2n) is 4.89. The van der Waals surface area contributed by atoms with Gasteiger partial charge in [0.2, 0.25) is 0 Å². The number of rotatable bonds is 3. The molecule has 4 N–H and O–H groups in total. The number of aliphatic imine (C=N–C) groups is 1. The first-order valence-corrected chi connectivity index (χ1v) is 6.96. The summed E-state index contributed by atoms with van der Waals surface area (Å²) in [4.78, 5) is 19.2. The fourth-order valence-electron chi connectivity index (χ4n) is 2.25. The first-order valence-electron chi connectivity index (χ1n) is 6.96. The maximum Gasteiger partial charge on any atom is 0.282 e. The Bertz CT molecular complexity index is 827. The van der Waals surface area contributed by atoms with Gasteiger partial charge in [0.05, 0.1) is 5.56 Å². The molecule has 0 radical (unpaired) electrons. The lowest BCUT2D eigenvalue weighted by Crippen LogP contribution is -2.32. The molecular weight excluding hydrogens is 312 g/mol. The Labute approximate surface area is 140 Å². The van der Waals surface area contributed by atoms with E-state index in [4.69, 9.17) is 5.73 Å². The highest BCUT2D eigenvalue weighted by Crippen LogP contribution is 2.18. The number of fused-ring (bicyclic) bond motifs is 1. The predicted molar refractivity (Wildman–Crippen MR) is 94.8 cm³/mol. The van der Waals surface area contributed by atoms with E-state index in [-0.39, 0.29) is 24.3 Å². The van der Waals surface area contributed by atoms with E-state index in [0.717, 1.165) is 16.5 Å². The monoisotopic (exact) mass is 328 g/mol. The summed E-state index contributed by atoms with van der Waals surface area (Å²) in [7, 11) is 0. The molecule has 0 atom stereocenters. The predicted octanol–water partition coefficient (Wildman–Crippen LogP) is 2.83. The quantitative estimate of drug-likeness (QED) is 0.510. The highest BCUT2D eigenvalue weighted by Gasteiger charge is 2.11. The molecule has 1 heterocycles. The van der Waals surface area contributed by atoms with Crippen molar-refractivity contribution in [1.29, 1.82) is 0 Å². The van der Waals surface area contributed by atoms with Crippen molar-refractivity contribution in [2.24, 2.45) is 10.7 Å². The molecule has 1 amide bonds. The van der Waals surface area contributed by atoms with Gasteiger partial charge < -0.3 is 16.0 Å². The van der Waals surface area contributed by atoms with Crippen LogP contribution in [-0.2, 0) is 6.54 Å². The van der Waals surface area contributed by atoms with Crippen molar-refractivity contribution in [3.63, 3.8) is 0 Å². The van der Waals surface area contributed by atoms with Crippen LogP contribution < -0.4 is 11.1 Å². The SMILES string of the molecule is Cl.NC(=NC(=O)c1c[nH]c2ccccc12)NCc1ccccc1. The third-order valence-corrected chi connectivity index (χ3v) is 3.36. The summed E-state index contributed by atoms with van der Waals surface area (Å²) in [5, 5.41) is 3.78. The van der Waals surface area contributed by atoms with Gasteiger partial charge in [-0.2, -0.15) is 4.99 Å². The first-order chi connectivity index (χ1) is 10.7. The van der Waals surface area contributed by atoms with Gasteiger partial charge >= 0.3 is 0 Å². The molecule has 0 bridgehead atoms. The molecule has 23 heavy (non-hydrogen) atoms. The van der Waals surface area contributed by atoms with Crippen LogP contribution in [0.5, 0.6) is 0 Å². The number of halogens is 1. The molecule has 0 saturated carbocycles. The molecule has 0 aliphatic heterocycles. The molecule has 0 spiro atoms. The molecule has 5 nitrogen and oxygen atoms in total. The third kappa shape index (κ3) is 3.90. The summed E-state index contributed by atoms with van der Waals surface area (Å²) >= 11 is 0. The van der Waals surface area contributed by atoms with Crippen LogP contribution in [-0.4, -0.2) is 16.9 Å². The molecule has 0 aliphatic rings. The Morgan fingerprint density at radius 3 is 2.57 bits per heavy atom. The number of aromatic amines is 1.